The van der Waals surface area contributed by atoms with Crippen LogP contribution >= 0.6 is 0 Å². The van der Waals surface area contributed by atoms with Crippen LogP contribution in [0.5, 0.6) is 0 Å². The van der Waals surface area contributed by atoms with Gasteiger partial charge in [-0.05, 0) is 89.4 Å². The lowest BCUT2D eigenvalue weighted by molar-refractivity contribution is -0.139. The zero-order chi connectivity index (χ0) is 19.2. The Bertz CT molecular complexity index is 524. The summed E-state index contributed by atoms with van der Waals surface area (Å²) in [6, 6.07) is 0. The fourth-order valence-corrected chi connectivity index (χ4v) is 5.84. The zero-order valence-corrected chi connectivity index (χ0v) is 17.8. The van der Waals surface area contributed by atoms with Crippen molar-refractivity contribution < 1.29 is 14.3 Å². The molecule has 1 heterocycles. The van der Waals surface area contributed by atoms with Crippen molar-refractivity contribution in [2.75, 3.05) is 20.2 Å². The van der Waals surface area contributed by atoms with E-state index in [1.54, 1.807) is 0 Å². The summed E-state index contributed by atoms with van der Waals surface area (Å²) in [6.07, 6.45) is 9.80. The van der Waals surface area contributed by atoms with Crippen LogP contribution in [0.4, 0.5) is 4.79 Å². The fourth-order valence-electron chi connectivity index (χ4n) is 5.84. The lowest BCUT2D eigenvalue weighted by Crippen LogP contribution is -2.54. The van der Waals surface area contributed by atoms with Crippen LogP contribution in [-0.4, -0.2) is 42.4 Å². The van der Waals surface area contributed by atoms with Crippen molar-refractivity contribution in [1.82, 2.24) is 4.90 Å². The minimum atomic E-state index is -0.419. The molecule has 0 aromatic carbocycles. The van der Waals surface area contributed by atoms with Gasteiger partial charge >= 0.3 is 6.09 Å². The SMILES string of the molecule is COC1(C)CCC(C2CCN(C(=O)OC(C)(C)C)C2)(C2(C)CCC2)CC1. The third-order valence-electron chi connectivity index (χ3n) is 7.97. The molecule has 3 aliphatic rings. The van der Waals surface area contributed by atoms with Crippen LogP contribution < -0.4 is 0 Å². The maximum absolute atomic E-state index is 12.6. The van der Waals surface area contributed by atoms with Gasteiger partial charge in [0.05, 0.1) is 5.60 Å². The van der Waals surface area contributed by atoms with E-state index < -0.39 is 5.60 Å². The average molecular weight is 366 g/mol. The lowest BCUT2D eigenvalue weighted by atomic mass is 9.45. The van der Waals surface area contributed by atoms with Crippen LogP contribution in [0, 0.1) is 16.7 Å². The zero-order valence-electron chi connectivity index (χ0n) is 17.8. The average Bonchev–Trinajstić information content (AvgIpc) is 3.03. The monoisotopic (exact) mass is 365 g/mol. The second-order valence-corrected chi connectivity index (χ2v) is 10.6. The molecule has 1 amide bonds. The molecular formula is C22H39NO3. The summed E-state index contributed by atoms with van der Waals surface area (Å²) in [4.78, 5) is 14.5. The van der Waals surface area contributed by atoms with Gasteiger partial charge in [0.1, 0.15) is 5.60 Å². The van der Waals surface area contributed by atoms with Gasteiger partial charge in [0.15, 0.2) is 0 Å². The molecule has 3 rings (SSSR count). The Morgan fingerprint density at radius 3 is 2.12 bits per heavy atom. The van der Waals surface area contributed by atoms with Crippen LogP contribution in [0.3, 0.4) is 0 Å². The van der Waals surface area contributed by atoms with Gasteiger partial charge < -0.3 is 14.4 Å². The minimum absolute atomic E-state index is 0.0348. The quantitative estimate of drug-likeness (QED) is 0.672. The van der Waals surface area contributed by atoms with Gasteiger partial charge in [0.25, 0.3) is 0 Å². The summed E-state index contributed by atoms with van der Waals surface area (Å²) in [6.45, 7) is 12.3. The van der Waals surface area contributed by atoms with E-state index in [9.17, 15) is 4.79 Å². The smallest absolute Gasteiger partial charge is 0.410 e. The summed E-state index contributed by atoms with van der Waals surface area (Å²) in [5, 5.41) is 0. The van der Waals surface area contributed by atoms with Crippen molar-refractivity contribution in [2.24, 2.45) is 16.7 Å². The number of likely N-dealkylation sites (tertiary alicyclic amines) is 1. The Balaban J connectivity index is 1.74. The number of methoxy groups -OCH3 is 1. The van der Waals surface area contributed by atoms with Gasteiger partial charge in [-0.1, -0.05) is 13.3 Å². The molecule has 1 aliphatic heterocycles. The molecule has 0 radical (unpaired) electrons. The molecular weight excluding hydrogens is 326 g/mol. The van der Waals surface area contributed by atoms with E-state index in [0.717, 1.165) is 32.4 Å². The molecule has 2 aliphatic carbocycles. The highest BCUT2D eigenvalue weighted by atomic mass is 16.6. The first-order chi connectivity index (χ1) is 12.0. The number of ether oxygens (including phenoxy) is 2. The molecule has 0 spiro atoms. The van der Waals surface area contributed by atoms with Crippen LogP contribution in [0.25, 0.3) is 0 Å². The number of carbonyl (C=O) groups excluding carboxylic acids is 1. The first kappa shape index (κ1) is 20.0. The molecule has 0 aromatic heterocycles. The third-order valence-corrected chi connectivity index (χ3v) is 7.97. The van der Waals surface area contributed by atoms with Crippen molar-refractivity contribution in [1.29, 1.82) is 0 Å². The first-order valence-corrected chi connectivity index (χ1v) is 10.6. The second kappa shape index (κ2) is 6.68. The van der Waals surface area contributed by atoms with Crippen molar-refractivity contribution in [2.45, 2.75) is 97.2 Å². The van der Waals surface area contributed by atoms with Gasteiger partial charge in [-0.25, -0.2) is 4.79 Å². The van der Waals surface area contributed by atoms with Gasteiger partial charge in [0.2, 0.25) is 0 Å². The van der Waals surface area contributed by atoms with E-state index in [1.807, 2.05) is 32.8 Å². The molecule has 0 aromatic rings. The summed E-state index contributed by atoms with van der Waals surface area (Å²) in [5.74, 6) is 0.599. The highest BCUT2D eigenvalue weighted by molar-refractivity contribution is 5.68. The van der Waals surface area contributed by atoms with Crippen LogP contribution in [0.15, 0.2) is 0 Å². The van der Waals surface area contributed by atoms with Gasteiger partial charge in [0, 0.05) is 20.2 Å². The summed E-state index contributed by atoms with van der Waals surface area (Å²) in [7, 11) is 1.86. The fraction of sp³-hybridized carbons (Fsp3) is 0.955. The van der Waals surface area contributed by atoms with Crippen molar-refractivity contribution in [3.8, 4) is 0 Å². The number of carbonyl (C=O) groups is 1. The molecule has 2 saturated carbocycles. The minimum Gasteiger partial charge on any atom is -0.444 e. The van der Waals surface area contributed by atoms with E-state index >= 15 is 0 Å². The maximum atomic E-state index is 12.6. The number of hydrogen-bond acceptors (Lipinski definition) is 3. The lowest BCUT2D eigenvalue weighted by Gasteiger charge is -2.61. The molecule has 26 heavy (non-hydrogen) atoms. The molecule has 4 heteroatoms. The molecule has 0 bridgehead atoms. The molecule has 4 nitrogen and oxygen atoms in total. The largest absolute Gasteiger partial charge is 0.444 e. The van der Waals surface area contributed by atoms with Crippen LogP contribution in [0.2, 0.25) is 0 Å². The molecule has 150 valence electrons. The number of nitrogens with zero attached hydrogens (tertiary/aromatic N) is 1. The predicted molar refractivity (Wildman–Crippen MR) is 104 cm³/mol. The highest BCUT2D eigenvalue weighted by Gasteiger charge is 2.58. The van der Waals surface area contributed by atoms with E-state index in [1.165, 1.54) is 32.1 Å². The van der Waals surface area contributed by atoms with Crippen molar-refractivity contribution >= 4 is 6.09 Å². The van der Waals surface area contributed by atoms with Gasteiger partial charge in [-0.2, -0.15) is 0 Å². The van der Waals surface area contributed by atoms with E-state index in [0.29, 0.717) is 16.7 Å². The van der Waals surface area contributed by atoms with Gasteiger partial charge in [-0.3, -0.25) is 0 Å². The maximum Gasteiger partial charge on any atom is 0.410 e. The standard InChI is InChI=1S/C22H39NO3/c1-19(2,3)26-18(24)23-15-8-17(16-23)22(20(4)9-7-10-20)13-11-21(5,25-6)12-14-22/h17H,7-16H2,1-6H3. The number of rotatable bonds is 3. The topological polar surface area (TPSA) is 38.8 Å². The van der Waals surface area contributed by atoms with Gasteiger partial charge in [-0.15, -0.1) is 0 Å². The summed E-state index contributed by atoms with van der Waals surface area (Å²) in [5.41, 5.74) is 0.418. The number of amides is 1. The first-order valence-electron chi connectivity index (χ1n) is 10.6. The molecule has 1 atom stereocenters. The highest BCUT2D eigenvalue weighted by Crippen LogP contribution is 2.65. The van der Waals surface area contributed by atoms with Crippen LogP contribution in [-0.2, 0) is 9.47 Å². The van der Waals surface area contributed by atoms with E-state index in [2.05, 4.69) is 13.8 Å². The Morgan fingerprint density at radius 1 is 1.04 bits per heavy atom. The van der Waals surface area contributed by atoms with E-state index in [-0.39, 0.29) is 11.7 Å². The van der Waals surface area contributed by atoms with Crippen molar-refractivity contribution in [3.05, 3.63) is 0 Å². The third kappa shape index (κ3) is 3.50. The molecule has 0 N–H and O–H groups in total. The normalized spacial score (nSPS) is 37.3. The Hall–Kier alpha value is -0.770. The molecule has 1 unspecified atom stereocenters. The Morgan fingerprint density at radius 2 is 1.65 bits per heavy atom. The number of hydrogen-bond donors (Lipinski definition) is 0. The van der Waals surface area contributed by atoms with Crippen LogP contribution in [0.1, 0.15) is 86.0 Å². The van der Waals surface area contributed by atoms with Crippen molar-refractivity contribution in [3.63, 3.8) is 0 Å². The Labute approximate surface area is 160 Å². The Kier molecular flexibility index (Phi) is 5.14. The molecule has 3 fully saturated rings. The predicted octanol–water partition coefficient (Wildman–Crippen LogP) is 5.40. The summed E-state index contributed by atoms with van der Waals surface area (Å²) >= 11 is 0. The second-order valence-electron chi connectivity index (χ2n) is 10.6. The summed E-state index contributed by atoms with van der Waals surface area (Å²) < 4.78 is 11.5. The van der Waals surface area contributed by atoms with E-state index in [4.69, 9.17) is 9.47 Å². The molecule has 1 saturated heterocycles.